The molecule has 7 heteroatoms. The van der Waals surface area contributed by atoms with Gasteiger partial charge in [-0.15, -0.1) is 0 Å². The Kier molecular flexibility index (Phi) is 4.50. The summed E-state index contributed by atoms with van der Waals surface area (Å²) in [6.07, 6.45) is 2.01. The van der Waals surface area contributed by atoms with Gasteiger partial charge in [0.05, 0.1) is 16.6 Å². The lowest BCUT2D eigenvalue weighted by molar-refractivity contribution is -0.115. The highest BCUT2D eigenvalue weighted by Gasteiger charge is 2.23. The van der Waals surface area contributed by atoms with Crippen LogP contribution in [-0.4, -0.2) is 24.5 Å². The van der Waals surface area contributed by atoms with E-state index in [0.29, 0.717) is 15.7 Å². The summed E-state index contributed by atoms with van der Waals surface area (Å²) < 4.78 is 0. The van der Waals surface area contributed by atoms with Gasteiger partial charge >= 0.3 is 6.03 Å². The Hall–Kier alpha value is -1.46. The normalized spacial score (nSPS) is 13.8. The fraction of sp³-hybridized carbons (Fsp3) is 0.333. The molecule has 0 atom stereocenters. The Morgan fingerprint density at radius 3 is 2.58 bits per heavy atom. The van der Waals surface area contributed by atoms with Crippen LogP contribution in [0.3, 0.4) is 0 Å². The van der Waals surface area contributed by atoms with Crippen molar-refractivity contribution in [2.45, 2.75) is 18.9 Å². The molecule has 102 valence electrons. The van der Waals surface area contributed by atoms with Crippen molar-refractivity contribution in [3.8, 4) is 0 Å². The summed E-state index contributed by atoms with van der Waals surface area (Å²) in [5.41, 5.74) is 0.531. The molecule has 0 spiro atoms. The van der Waals surface area contributed by atoms with Gasteiger partial charge in [-0.25, -0.2) is 4.79 Å². The minimum absolute atomic E-state index is 0.0984. The van der Waals surface area contributed by atoms with Crippen molar-refractivity contribution < 1.29 is 9.59 Å². The molecule has 1 aliphatic carbocycles. The number of benzene rings is 1. The van der Waals surface area contributed by atoms with Gasteiger partial charge in [0.1, 0.15) is 0 Å². The Balaban J connectivity index is 1.76. The molecule has 3 N–H and O–H groups in total. The number of halogens is 2. The predicted octanol–water partition coefficient (Wildman–Crippen LogP) is 2.39. The summed E-state index contributed by atoms with van der Waals surface area (Å²) in [5.74, 6) is -0.329. The molecule has 1 fully saturated rings. The van der Waals surface area contributed by atoms with E-state index in [-0.39, 0.29) is 24.5 Å². The summed E-state index contributed by atoms with van der Waals surface area (Å²) in [6, 6.07) is 4.71. The Bertz CT molecular complexity index is 504. The van der Waals surface area contributed by atoms with Gasteiger partial charge in [0.25, 0.3) is 0 Å². The summed E-state index contributed by atoms with van der Waals surface area (Å²) >= 11 is 11.6. The Morgan fingerprint density at radius 1 is 1.21 bits per heavy atom. The Morgan fingerprint density at radius 2 is 1.95 bits per heavy atom. The minimum atomic E-state index is -0.329. The molecule has 2 rings (SSSR count). The molecule has 0 radical (unpaired) electrons. The van der Waals surface area contributed by atoms with Gasteiger partial charge < -0.3 is 16.0 Å². The third-order valence-electron chi connectivity index (χ3n) is 2.53. The highest BCUT2D eigenvalue weighted by atomic mass is 35.5. The first-order valence-electron chi connectivity index (χ1n) is 5.84. The zero-order chi connectivity index (χ0) is 13.8. The molecule has 1 aromatic carbocycles. The minimum Gasteiger partial charge on any atom is -0.335 e. The van der Waals surface area contributed by atoms with Gasteiger partial charge in [0.2, 0.25) is 5.91 Å². The Labute approximate surface area is 120 Å². The first-order chi connectivity index (χ1) is 9.04. The van der Waals surface area contributed by atoms with Crippen LogP contribution in [0.4, 0.5) is 10.5 Å². The third-order valence-corrected chi connectivity index (χ3v) is 3.26. The highest BCUT2D eigenvalue weighted by Crippen LogP contribution is 2.24. The van der Waals surface area contributed by atoms with Crippen LogP contribution in [0.1, 0.15) is 12.8 Å². The maximum atomic E-state index is 11.6. The van der Waals surface area contributed by atoms with Crippen LogP contribution in [0, 0.1) is 0 Å². The molecular formula is C12H13Cl2N3O2. The second kappa shape index (κ2) is 6.12. The van der Waals surface area contributed by atoms with Crippen molar-refractivity contribution in [1.29, 1.82) is 0 Å². The standard InChI is InChI=1S/C12H13Cl2N3O2/c13-9-4-3-8(5-10(9)14)16-11(18)6-15-12(19)17-7-1-2-7/h3-5,7H,1-2,6H2,(H,16,18)(H2,15,17,19). The maximum Gasteiger partial charge on any atom is 0.315 e. The smallest absolute Gasteiger partial charge is 0.315 e. The van der Waals surface area contributed by atoms with E-state index in [9.17, 15) is 9.59 Å². The van der Waals surface area contributed by atoms with Gasteiger partial charge in [-0.3, -0.25) is 4.79 Å². The second-order valence-corrected chi connectivity index (χ2v) is 5.09. The number of nitrogens with one attached hydrogen (secondary N) is 3. The van der Waals surface area contributed by atoms with Gasteiger partial charge in [-0.05, 0) is 31.0 Å². The fourth-order valence-corrected chi connectivity index (χ4v) is 1.70. The van der Waals surface area contributed by atoms with Crippen molar-refractivity contribution >= 4 is 40.8 Å². The molecule has 0 bridgehead atoms. The number of rotatable bonds is 4. The molecule has 0 unspecified atom stereocenters. The van der Waals surface area contributed by atoms with Crippen molar-refractivity contribution in [3.05, 3.63) is 28.2 Å². The summed E-state index contributed by atoms with van der Waals surface area (Å²) in [4.78, 5) is 22.9. The zero-order valence-corrected chi connectivity index (χ0v) is 11.5. The molecular weight excluding hydrogens is 289 g/mol. The van der Waals surface area contributed by atoms with E-state index in [2.05, 4.69) is 16.0 Å². The number of urea groups is 1. The van der Waals surface area contributed by atoms with Crippen LogP contribution in [-0.2, 0) is 4.79 Å². The average Bonchev–Trinajstić information content (AvgIpc) is 3.15. The highest BCUT2D eigenvalue weighted by molar-refractivity contribution is 6.42. The quantitative estimate of drug-likeness (QED) is 0.799. The van der Waals surface area contributed by atoms with E-state index in [4.69, 9.17) is 23.2 Å². The molecule has 5 nitrogen and oxygen atoms in total. The van der Waals surface area contributed by atoms with Gasteiger partial charge in [-0.1, -0.05) is 23.2 Å². The topological polar surface area (TPSA) is 70.2 Å². The fourth-order valence-electron chi connectivity index (χ4n) is 1.40. The third kappa shape index (κ3) is 4.61. The van der Waals surface area contributed by atoms with Crippen LogP contribution < -0.4 is 16.0 Å². The number of carbonyl (C=O) groups is 2. The number of hydrogen-bond donors (Lipinski definition) is 3. The molecule has 1 aliphatic rings. The molecule has 0 heterocycles. The van der Waals surface area contributed by atoms with Crippen LogP contribution in [0.5, 0.6) is 0 Å². The van der Waals surface area contributed by atoms with Crippen molar-refractivity contribution in [1.82, 2.24) is 10.6 Å². The lowest BCUT2D eigenvalue weighted by Crippen LogP contribution is -2.40. The van der Waals surface area contributed by atoms with Crippen LogP contribution >= 0.6 is 23.2 Å². The number of amides is 3. The molecule has 19 heavy (non-hydrogen) atoms. The van der Waals surface area contributed by atoms with E-state index < -0.39 is 0 Å². The molecule has 0 aliphatic heterocycles. The van der Waals surface area contributed by atoms with E-state index in [1.165, 1.54) is 0 Å². The first-order valence-corrected chi connectivity index (χ1v) is 6.59. The van der Waals surface area contributed by atoms with Gasteiger partial charge in [0.15, 0.2) is 0 Å². The summed E-state index contributed by atoms with van der Waals surface area (Å²) in [5, 5.41) is 8.59. The van der Waals surface area contributed by atoms with Gasteiger partial charge in [0, 0.05) is 11.7 Å². The molecule has 1 aromatic rings. The van der Waals surface area contributed by atoms with E-state index in [1.807, 2.05) is 0 Å². The van der Waals surface area contributed by atoms with E-state index in [1.54, 1.807) is 18.2 Å². The first kappa shape index (κ1) is 14.0. The second-order valence-electron chi connectivity index (χ2n) is 4.28. The number of carbonyl (C=O) groups excluding carboxylic acids is 2. The number of hydrogen-bond acceptors (Lipinski definition) is 2. The van der Waals surface area contributed by atoms with Crippen LogP contribution in [0.2, 0.25) is 10.0 Å². The molecule has 0 aromatic heterocycles. The monoisotopic (exact) mass is 301 g/mol. The maximum absolute atomic E-state index is 11.6. The lowest BCUT2D eigenvalue weighted by Gasteiger charge is -2.08. The average molecular weight is 302 g/mol. The van der Waals surface area contributed by atoms with Crippen molar-refractivity contribution in [2.24, 2.45) is 0 Å². The summed E-state index contributed by atoms with van der Waals surface area (Å²) in [6.45, 7) is -0.0984. The number of anilines is 1. The molecule has 1 saturated carbocycles. The molecule has 3 amide bonds. The van der Waals surface area contributed by atoms with Crippen molar-refractivity contribution in [2.75, 3.05) is 11.9 Å². The van der Waals surface area contributed by atoms with Gasteiger partial charge in [-0.2, -0.15) is 0 Å². The van der Waals surface area contributed by atoms with E-state index in [0.717, 1.165) is 12.8 Å². The van der Waals surface area contributed by atoms with Crippen molar-refractivity contribution in [3.63, 3.8) is 0 Å². The summed E-state index contributed by atoms with van der Waals surface area (Å²) in [7, 11) is 0. The largest absolute Gasteiger partial charge is 0.335 e. The van der Waals surface area contributed by atoms with E-state index >= 15 is 0 Å². The zero-order valence-electron chi connectivity index (χ0n) is 10.0. The predicted molar refractivity (Wildman–Crippen MR) is 74.6 cm³/mol. The molecule has 0 saturated heterocycles. The lowest BCUT2D eigenvalue weighted by atomic mass is 10.3. The SMILES string of the molecule is O=C(CNC(=O)NC1CC1)Nc1ccc(Cl)c(Cl)c1. The van der Waals surface area contributed by atoms with Crippen LogP contribution in [0.15, 0.2) is 18.2 Å². The van der Waals surface area contributed by atoms with Crippen LogP contribution in [0.25, 0.3) is 0 Å².